The van der Waals surface area contributed by atoms with Gasteiger partial charge in [-0.25, -0.2) is 9.78 Å². The number of carbonyl (C=O) groups is 1. The van der Waals surface area contributed by atoms with E-state index in [1.807, 2.05) is 9.78 Å². The molecule has 1 aliphatic rings. The van der Waals surface area contributed by atoms with Crippen LogP contribution >= 0.6 is 22.9 Å². The lowest BCUT2D eigenvalue weighted by atomic mass is 10.3. The molecule has 1 aliphatic carbocycles. The van der Waals surface area contributed by atoms with Crippen molar-refractivity contribution in [2.45, 2.75) is 19.4 Å². The van der Waals surface area contributed by atoms with Gasteiger partial charge in [0, 0.05) is 22.0 Å². The van der Waals surface area contributed by atoms with E-state index in [1.54, 1.807) is 41.8 Å². The number of rotatable bonds is 3. The summed E-state index contributed by atoms with van der Waals surface area (Å²) >= 11 is 7.47. The lowest BCUT2D eigenvalue weighted by molar-refractivity contribution is 0.251. The molecule has 2 heterocycles. The van der Waals surface area contributed by atoms with Gasteiger partial charge in [0.25, 0.3) is 0 Å². The van der Waals surface area contributed by atoms with E-state index in [2.05, 4.69) is 27.5 Å². The molecular weight excluding hydrogens is 356 g/mol. The predicted octanol–water partition coefficient (Wildman–Crippen LogP) is 4.13. The predicted molar refractivity (Wildman–Crippen MR) is 100.0 cm³/mol. The molecule has 0 radical (unpaired) electrons. The molecule has 5 nitrogen and oxygen atoms in total. The van der Waals surface area contributed by atoms with E-state index in [0.717, 1.165) is 16.3 Å². The van der Waals surface area contributed by atoms with Crippen LogP contribution in [0.3, 0.4) is 0 Å². The highest BCUT2D eigenvalue weighted by atomic mass is 35.5. The number of hydrogen-bond acceptors (Lipinski definition) is 3. The minimum absolute atomic E-state index is 0.293. The molecule has 2 amide bonds. The number of imidazole rings is 1. The number of fused-ring (bicyclic) bond motifs is 1. The highest BCUT2D eigenvalue weighted by molar-refractivity contribution is 7.15. The Morgan fingerprint density at radius 2 is 2.32 bits per heavy atom. The van der Waals surface area contributed by atoms with Crippen LogP contribution < -0.4 is 10.6 Å². The third-order valence-electron chi connectivity index (χ3n) is 3.81. The molecule has 0 unspecified atom stereocenters. The van der Waals surface area contributed by atoms with Crippen LogP contribution in [0.25, 0.3) is 4.96 Å². The topological polar surface area (TPSA) is 58.4 Å². The van der Waals surface area contributed by atoms with E-state index in [9.17, 15) is 4.79 Å². The van der Waals surface area contributed by atoms with E-state index >= 15 is 0 Å². The molecule has 1 saturated carbocycles. The van der Waals surface area contributed by atoms with Crippen molar-refractivity contribution in [3.8, 4) is 11.8 Å². The number of benzene rings is 1. The van der Waals surface area contributed by atoms with Crippen molar-refractivity contribution in [1.29, 1.82) is 0 Å². The minimum atomic E-state index is -0.293. The Morgan fingerprint density at radius 1 is 1.44 bits per heavy atom. The maximum atomic E-state index is 12.1. The normalized spacial score (nSPS) is 13.3. The Kier molecular flexibility index (Phi) is 4.35. The molecule has 1 fully saturated rings. The number of amides is 2. The summed E-state index contributed by atoms with van der Waals surface area (Å²) in [6, 6.07) is 6.73. The fourth-order valence-corrected chi connectivity index (χ4v) is 3.40. The summed E-state index contributed by atoms with van der Waals surface area (Å²) in [7, 11) is 0. The Morgan fingerprint density at radius 3 is 3.12 bits per heavy atom. The number of urea groups is 1. The molecule has 0 spiro atoms. The number of anilines is 1. The van der Waals surface area contributed by atoms with Crippen LogP contribution in [0, 0.1) is 17.8 Å². The third kappa shape index (κ3) is 3.78. The minimum Gasteiger partial charge on any atom is -0.332 e. The average molecular weight is 371 g/mol. The lowest BCUT2D eigenvalue weighted by Crippen LogP contribution is -2.28. The van der Waals surface area contributed by atoms with Gasteiger partial charge >= 0.3 is 6.03 Å². The summed E-state index contributed by atoms with van der Waals surface area (Å²) in [6.45, 7) is 0.363. The van der Waals surface area contributed by atoms with Crippen LogP contribution in [0.1, 0.15) is 24.2 Å². The van der Waals surface area contributed by atoms with Crippen LogP contribution in [0.5, 0.6) is 0 Å². The van der Waals surface area contributed by atoms with Crippen molar-refractivity contribution in [1.82, 2.24) is 14.7 Å². The summed E-state index contributed by atoms with van der Waals surface area (Å²) in [4.78, 5) is 17.3. The second-order valence-corrected chi connectivity index (χ2v) is 7.12. The van der Waals surface area contributed by atoms with Crippen LogP contribution in [0.4, 0.5) is 10.5 Å². The molecule has 126 valence electrons. The van der Waals surface area contributed by atoms with Gasteiger partial charge in [-0.1, -0.05) is 23.6 Å². The highest BCUT2D eigenvalue weighted by Gasteiger charge is 2.18. The second-order valence-electron chi connectivity index (χ2n) is 5.85. The molecule has 2 N–H and O–H groups in total. The zero-order valence-corrected chi connectivity index (χ0v) is 14.8. The van der Waals surface area contributed by atoms with Gasteiger partial charge in [0.15, 0.2) is 4.96 Å². The molecule has 0 aliphatic heterocycles. The molecule has 1 aromatic carbocycles. The molecule has 0 atom stereocenters. The van der Waals surface area contributed by atoms with Crippen molar-refractivity contribution < 1.29 is 4.79 Å². The number of hydrogen-bond donors (Lipinski definition) is 2. The maximum Gasteiger partial charge on any atom is 0.319 e. The number of nitrogens with zero attached hydrogens (tertiary/aromatic N) is 2. The fourth-order valence-electron chi connectivity index (χ4n) is 2.40. The number of thiazole rings is 1. The van der Waals surface area contributed by atoms with Crippen molar-refractivity contribution in [3.05, 3.63) is 52.3 Å². The summed E-state index contributed by atoms with van der Waals surface area (Å²) in [6.07, 6.45) is 4.17. The van der Waals surface area contributed by atoms with Crippen molar-refractivity contribution in [3.63, 3.8) is 0 Å². The molecule has 0 saturated heterocycles. The molecule has 4 rings (SSSR count). The average Bonchev–Trinajstić information content (AvgIpc) is 3.19. The van der Waals surface area contributed by atoms with Gasteiger partial charge < -0.3 is 10.6 Å². The molecule has 2 aromatic heterocycles. The first-order chi connectivity index (χ1) is 12.2. The van der Waals surface area contributed by atoms with Crippen LogP contribution in [-0.2, 0) is 6.54 Å². The quantitative estimate of drug-likeness (QED) is 0.681. The largest absolute Gasteiger partial charge is 0.332 e. The zero-order valence-electron chi connectivity index (χ0n) is 13.3. The summed E-state index contributed by atoms with van der Waals surface area (Å²) in [5.41, 5.74) is 2.48. The summed E-state index contributed by atoms with van der Waals surface area (Å²) in [5.74, 6) is 7.04. The number of nitrogens with one attached hydrogen (secondary N) is 2. The van der Waals surface area contributed by atoms with Crippen LogP contribution in [0.15, 0.2) is 35.8 Å². The van der Waals surface area contributed by atoms with Gasteiger partial charge in [-0.2, -0.15) is 0 Å². The van der Waals surface area contributed by atoms with Crippen molar-refractivity contribution in [2.75, 3.05) is 5.32 Å². The van der Waals surface area contributed by atoms with Crippen LogP contribution in [0.2, 0.25) is 5.02 Å². The molecule has 7 heteroatoms. The SMILES string of the molecule is O=C(NCc1cnc2scc(C#CC3CC3)n12)Nc1cccc(Cl)c1. The van der Waals surface area contributed by atoms with Gasteiger partial charge in [-0.3, -0.25) is 4.40 Å². The van der Waals surface area contributed by atoms with Gasteiger partial charge in [0.05, 0.1) is 18.4 Å². The monoisotopic (exact) mass is 370 g/mol. The zero-order chi connectivity index (χ0) is 17.2. The number of aromatic nitrogens is 2. The van der Waals surface area contributed by atoms with Crippen LogP contribution in [-0.4, -0.2) is 15.4 Å². The van der Waals surface area contributed by atoms with E-state index < -0.39 is 0 Å². The van der Waals surface area contributed by atoms with E-state index in [0.29, 0.717) is 23.2 Å². The molecule has 25 heavy (non-hydrogen) atoms. The van der Waals surface area contributed by atoms with E-state index in [4.69, 9.17) is 11.6 Å². The first-order valence-corrected chi connectivity index (χ1v) is 9.20. The standard InChI is InChI=1S/C18H15ClN4OS/c19-13-2-1-3-14(8-13)22-17(24)20-9-16-10-21-18-23(16)15(11-25-18)7-6-12-4-5-12/h1-3,8,10-12H,4-5,9H2,(H2,20,22,24). The Labute approximate surface area is 154 Å². The van der Waals surface area contributed by atoms with Gasteiger partial charge in [0.2, 0.25) is 0 Å². The summed E-state index contributed by atoms with van der Waals surface area (Å²) in [5, 5.41) is 8.19. The second kappa shape index (κ2) is 6.79. The Balaban J connectivity index is 1.45. The van der Waals surface area contributed by atoms with Gasteiger partial charge in [0.1, 0.15) is 5.69 Å². The maximum absolute atomic E-state index is 12.1. The number of carbonyl (C=O) groups excluding carboxylic acids is 1. The fraction of sp³-hybridized carbons (Fsp3) is 0.222. The Hall–Kier alpha value is -2.49. The Bertz CT molecular complexity index is 993. The van der Waals surface area contributed by atoms with Gasteiger partial charge in [-0.05, 0) is 37.0 Å². The molecule has 0 bridgehead atoms. The smallest absolute Gasteiger partial charge is 0.319 e. The molecular formula is C18H15ClN4OS. The van der Waals surface area contributed by atoms with Crippen molar-refractivity contribution >= 4 is 39.6 Å². The summed E-state index contributed by atoms with van der Waals surface area (Å²) < 4.78 is 2.00. The van der Waals surface area contributed by atoms with Gasteiger partial charge in [-0.15, -0.1) is 11.3 Å². The van der Waals surface area contributed by atoms with E-state index in [-0.39, 0.29) is 6.03 Å². The third-order valence-corrected chi connectivity index (χ3v) is 4.89. The first kappa shape index (κ1) is 16.0. The molecule has 3 aromatic rings. The lowest BCUT2D eigenvalue weighted by Gasteiger charge is -2.07. The first-order valence-electron chi connectivity index (χ1n) is 7.95. The van der Waals surface area contributed by atoms with E-state index in [1.165, 1.54) is 12.8 Å². The highest BCUT2D eigenvalue weighted by Crippen LogP contribution is 2.28. The number of halogens is 1. The van der Waals surface area contributed by atoms with Crippen molar-refractivity contribution in [2.24, 2.45) is 5.92 Å².